The lowest BCUT2D eigenvalue weighted by molar-refractivity contribution is 0.340. The molecule has 0 amide bonds. The highest BCUT2D eigenvalue weighted by atomic mass is 16.5. The number of hydrogen-bond acceptors (Lipinski definition) is 2. The van der Waals surface area contributed by atoms with Crippen molar-refractivity contribution in [3.05, 3.63) is 30.0 Å². The van der Waals surface area contributed by atoms with Crippen LogP contribution >= 0.6 is 0 Å². The predicted octanol–water partition coefficient (Wildman–Crippen LogP) is 2.73. The summed E-state index contributed by atoms with van der Waals surface area (Å²) in [6.07, 6.45) is 3.28. The molecule has 0 radical (unpaired) electrons. The van der Waals surface area contributed by atoms with E-state index in [1.54, 1.807) is 0 Å². The maximum atomic E-state index is 5.58. The lowest BCUT2D eigenvalue weighted by atomic mass is 10.1. The normalized spacial score (nSPS) is 11.1. The number of likely N-dealkylation sites (N-methyl/N-ethyl adjacent to an activating group) is 1. The second-order valence-electron chi connectivity index (χ2n) is 4.48. The van der Waals surface area contributed by atoms with Gasteiger partial charge in [-0.3, -0.25) is 0 Å². The molecular formula is C15H22N2O. The fourth-order valence-corrected chi connectivity index (χ4v) is 2.31. The molecule has 0 aliphatic rings. The molecule has 1 aromatic heterocycles. The van der Waals surface area contributed by atoms with E-state index in [0.29, 0.717) is 6.61 Å². The van der Waals surface area contributed by atoms with Crippen molar-refractivity contribution < 1.29 is 4.74 Å². The number of hydrogen-bond donors (Lipinski definition) is 1. The fraction of sp³-hybridized carbons (Fsp3) is 0.467. The van der Waals surface area contributed by atoms with E-state index in [-0.39, 0.29) is 0 Å². The van der Waals surface area contributed by atoms with Crippen LogP contribution in [0.4, 0.5) is 0 Å². The average Bonchev–Trinajstić information content (AvgIpc) is 2.67. The van der Waals surface area contributed by atoms with E-state index in [4.69, 9.17) is 4.74 Å². The number of nitrogens with zero attached hydrogens (tertiary/aromatic N) is 1. The molecule has 0 aliphatic carbocycles. The molecule has 1 N–H and O–H groups in total. The van der Waals surface area contributed by atoms with Crippen molar-refractivity contribution in [2.24, 2.45) is 7.05 Å². The first-order valence-electron chi connectivity index (χ1n) is 6.67. The van der Waals surface area contributed by atoms with Gasteiger partial charge in [0.25, 0.3) is 0 Å². The van der Waals surface area contributed by atoms with Gasteiger partial charge in [-0.25, -0.2) is 0 Å². The van der Waals surface area contributed by atoms with Crippen molar-refractivity contribution in [3.8, 4) is 5.75 Å². The molecule has 0 fully saturated rings. The molecule has 0 bridgehead atoms. The van der Waals surface area contributed by atoms with Crippen molar-refractivity contribution in [2.45, 2.75) is 20.3 Å². The second kappa shape index (κ2) is 5.91. The SMILES string of the molecule is CCNCCc1cn(C)c2ccc(OCC)cc12. The van der Waals surface area contributed by atoms with Gasteiger partial charge in [-0.15, -0.1) is 0 Å². The Kier molecular flexibility index (Phi) is 4.26. The minimum absolute atomic E-state index is 0.713. The number of aromatic nitrogens is 1. The molecule has 2 rings (SSSR count). The third kappa shape index (κ3) is 2.67. The summed E-state index contributed by atoms with van der Waals surface area (Å²) in [6.45, 7) is 6.91. The monoisotopic (exact) mass is 246 g/mol. The van der Waals surface area contributed by atoms with Crippen molar-refractivity contribution in [1.29, 1.82) is 0 Å². The zero-order valence-electron chi connectivity index (χ0n) is 11.5. The summed E-state index contributed by atoms with van der Waals surface area (Å²) >= 11 is 0. The lowest BCUT2D eigenvalue weighted by Gasteiger charge is -2.04. The van der Waals surface area contributed by atoms with Gasteiger partial charge in [-0.05, 0) is 50.2 Å². The van der Waals surface area contributed by atoms with Crippen LogP contribution in [0.3, 0.4) is 0 Å². The molecular weight excluding hydrogens is 224 g/mol. The molecule has 0 unspecified atom stereocenters. The van der Waals surface area contributed by atoms with Gasteiger partial charge in [0.15, 0.2) is 0 Å². The van der Waals surface area contributed by atoms with Gasteiger partial charge >= 0.3 is 0 Å². The van der Waals surface area contributed by atoms with Crippen LogP contribution < -0.4 is 10.1 Å². The van der Waals surface area contributed by atoms with Crippen LogP contribution in [0.1, 0.15) is 19.4 Å². The molecule has 0 atom stereocenters. The van der Waals surface area contributed by atoms with Crippen LogP contribution in [0.15, 0.2) is 24.4 Å². The first kappa shape index (κ1) is 13.0. The van der Waals surface area contributed by atoms with Crippen LogP contribution in [0.2, 0.25) is 0 Å². The maximum Gasteiger partial charge on any atom is 0.120 e. The Balaban J connectivity index is 2.30. The van der Waals surface area contributed by atoms with Crippen LogP contribution in [0.5, 0.6) is 5.75 Å². The van der Waals surface area contributed by atoms with Gasteiger partial charge < -0.3 is 14.6 Å². The van der Waals surface area contributed by atoms with Crippen LogP contribution in [0.25, 0.3) is 10.9 Å². The molecule has 2 aromatic rings. The highest BCUT2D eigenvalue weighted by Crippen LogP contribution is 2.25. The topological polar surface area (TPSA) is 26.2 Å². The minimum atomic E-state index is 0.713. The summed E-state index contributed by atoms with van der Waals surface area (Å²) in [5.41, 5.74) is 2.65. The van der Waals surface area contributed by atoms with E-state index in [2.05, 4.69) is 42.2 Å². The van der Waals surface area contributed by atoms with E-state index < -0.39 is 0 Å². The first-order valence-corrected chi connectivity index (χ1v) is 6.67. The number of benzene rings is 1. The van der Waals surface area contributed by atoms with Crippen LogP contribution in [-0.4, -0.2) is 24.3 Å². The standard InChI is InChI=1S/C15H22N2O/c1-4-16-9-8-12-11-17(3)15-7-6-13(18-5-2)10-14(12)15/h6-7,10-11,16H,4-5,8-9H2,1-3H3. The second-order valence-corrected chi connectivity index (χ2v) is 4.48. The van der Waals surface area contributed by atoms with Crippen molar-refractivity contribution >= 4 is 10.9 Å². The summed E-state index contributed by atoms with van der Waals surface area (Å²) in [5, 5.41) is 4.68. The molecule has 0 aliphatic heterocycles. The number of fused-ring (bicyclic) bond motifs is 1. The molecule has 0 spiro atoms. The molecule has 18 heavy (non-hydrogen) atoms. The third-order valence-corrected chi connectivity index (χ3v) is 3.18. The number of rotatable bonds is 6. The Labute approximate surface area is 109 Å². The summed E-state index contributed by atoms with van der Waals surface area (Å²) in [5.74, 6) is 0.959. The Morgan fingerprint density at radius 3 is 2.83 bits per heavy atom. The van der Waals surface area contributed by atoms with E-state index in [0.717, 1.165) is 25.3 Å². The fourth-order valence-electron chi connectivity index (χ4n) is 2.31. The predicted molar refractivity (Wildman–Crippen MR) is 76.3 cm³/mol. The van der Waals surface area contributed by atoms with Crippen LogP contribution in [-0.2, 0) is 13.5 Å². The van der Waals surface area contributed by atoms with Gasteiger partial charge in [0.05, 0.1) is 6.61 Å². The summed E-state index contributed by atoms with van der Waals surface area (Å²) in [4.78, 5) is 0. The molecule has 1 aromatic carbocycles. The first-order chi connectivity index (χ1) is 8.76. The molecule has 0 saturated heterocycles. The summed E-state index contributed by atoms with van der Waals surface area (Å²) in [6, 6.07) is 6.33. The Morgan fingerprint density at radius 1 is 1.28 bits per heavy atom. The number of ether oxygens (including phenoxy) is 1. The number of aryl methyl sites for hydroxylation is 1. The zero-order valence-corrected chi connectivity index (χ0v) is 11.5. The zero-order chi connectivity index (χ0) is 13.0. The highest BCUT2D eigenvalue weighted by Gasteiger charge is 2.07. The summed E-state index contributed by atoms with van der Waals surface area (Å²) in [7, 11) is 2.10. The maximum absolute atomic E-state index is 5.58. The van der Waals surface area contributed by atoms with E-state index >= 15 is 0 Å². The quantitative estimate of drug-likeness (QED) is 0.793. The van der Waals surface area contributed by atoms with Gasteiger partial charge in [-0.1, -0.05) is 6.92 Å². The van der Waals surface area contributed by atoms with Crippen molar-refractivity contribution in [3.63, 3.8) is 0 Å². The van der Waals surface area contributed by atoms with Crippen LogP contribution in [0, 0.1) is 0 Å². The molecule has 1 heterocycles. The van der Waals surface area contributed by atoms with Gasteiger partial charge in [0.2, 0.25) is 0 Å². The van der Waals surface area contributed by atoms with Crippen molar-refractivity contribution in [1.82, 2.24) is 9.88 Å². The summed E-state index contributed by atoms with van der Waals surface area (Å²) < 4.78 is 7.77. The molecule has 3 heteroatoms. The van der Waals surface area contributed by atoms with Gasteiger partial charge in [-0.2, -0.15) is 0 Å². The third-order valence-electron chi connectivity index (χ3n) is 3.18. The van der Waals surface area contributed by atoms with E-state index in [1.807, 2.05) is 13.0 Å². The van der Waals surface area contributed by atoms with Crippen molar-refractivity contribution in [2.75, 3.05) is 19.7 Å². The molecule has 3 nitrogen and oxygen atoms in total. The van der Waals surface area contributed by atoms with Gasteiger partial charge in [0, 0.05) is 24.1 Å². The average molecular weight is 246 g/mol. The highest BCUT2D eigenvalue weighted by molar-refractivity contribution is 5.85. The van der Waals surface area contributed by atoms with E-state index in [9.17, 15) is 0 Å². The Bertz CT molecular complexity index is 516. The van der Waals surface area contributed by atoms with E-state index in [1.165, 1.54) is 16.5 Å². The van der Waals surface area contributed by atoms with Gasteiger partial charge in [0.1, 0.15) is 5.75 Å². The Morgan fingerprint density at radius 2 is 2.11 bits per heavy atom. The lowest BCUT2D eigenvalue weighted by Crippen LogP contribution is -2.15. The largest absolute Gasteiger partial charge is 0.494 e. The Hall–Kier alpha value is -1.48. The minimum Gasteiger partial charge on any atom is -0.494 e. The molecule has 0 saturated carbocycles. The smallest absolute Gasteiger partial charge is 0.120 e. The number of nitrogens with one attached hydrogen (secondary N) is 1. The molecule has 98 valence electrons.